The largest absolute Gasteiger partial charge is 0.480 e. The number of carbonyl (C=O) groups excluding carboxylic acids is 2. The first-order chi connectivity index (χ1) is 9.45. The molecule has 20 heavy (non-hydrogen) atoms. The lowest BCUT2D eigenvalue weighted by molar-refractivity contribution is -0.140. The van der Waals surface area contributed by atoms with E-state index in [1.165, 1.54) is 0 Å². The monoisotopic (exact) mass is 284 g/mol. The molecule has 0 aromatic rings. The fourth-order valence-corrected chi connectivity index (χ4v) is 2.90. The normalized spacial score (nSPS) is 29.5. The topological polar surface area (TPSA) is 125 Å². The number of rotatable bonds is 5. The van der Waals surface area contributed by atoms with Crippen molar-refractivity contribution in [2.75, 3.05) is 19.6 Å². The van der Waals surface area contributed by atoms with Crippen LogP contribution in [0.4, 0.5) is 4.79 Å². The van der Waals surface area contributed by atoms with Crippen molar-refractivity contribution in [3.8, 4) is 0 Å². The molecule has 1 unspecified atom stereocenters. The Kier molecular flexibility index (Phi) is 4.43. The van der Waals surface area contributed by atoms with E-state index in [2.05, 4.69) is 15.5 Å². The van der Waals surface area contributed by atoms with E-state index in [9.17, 15) is 14.4 Å². The van der Waals surface area contributed by atoms with E-state index >= 15 is 0 Å². The maximum absolute atomic E-state index is 11.8. The summed E-state index contributed by atoms with van der Waals surface area (Å²) in [6, 6.07) is -1.80. The SMILES string of the molecule is NC(=O)C[C@H](NC(=O)NC1CN2CCC1CC2)C(=O)O. The van der Waals surface area contributed by atoms with E-state index in [0.29, 0.717) is 5.92 Å². The lowest BCUT2D eigenvalue weighted by Gasteiger charge is -2.44. The molecule has 0 saturated carbocycles. The van der Waals surface area contributed by atoms with E-state index in [0.717, 1.165) is 32.5 Å². The smallest absolute Gasteiger partial charge is 0.326 e. The highest BCUT2D eigenvalue weighted by Gasteiger charge is 2.35. The number of fused-ring (bicyclic) bond motifs is 3. The van der Waals surface area contributed by atoms with Gasteiger partial charge in [0, 0.05) is 12.6 Å². The Morgan fingerprint density at radius 3 is 2.40 bits per heavy atom. The molecule has 0 radical (unpaired) electrons. The van der Waals surface area contributed by atoms with Crippen LogP contribution in [0.2, 0.25) is 0 Å². The molecule has 8 heteroatoms. The highest BCUT2D eigenvalue weighted by molar-refractivity contribution is 5.87. The second-order valence-electron chi connectivity index (χ2n) is 5.42. The van der Waals surface area contributed by atoms with E-state index in [1.54, 1.807) is 0 Å². The van der Waals surface area contributed by atoms with Gasteiger partial charge in [-0.2, -0.15) is 0 Å². The van der Waals surface area contributed by atoms with Crippen LogP contribution >= 0.6 is 0 Å². The summed E-state index contributed by atoms with van der Waals surface area (Å²) in [5.41, 5.74) is 4.96. The number of carboxylic acids is 1. The molecule has 0 aromatic heterocycles. The molecule has 3 aliphatic heterocycles. The summed E-state index contributed by atoms with van der Waals surface area (Å²) in [7, 11) is 0. The summed E-state index contributed by atoms with van der Waals surface area (Å²) in [5, 5.41) is 14.0. The molecule has 8 nitrogen and oxygen atoms in total. The highest BCUT2D eigenvalue weighted by Crippen LogP contribution is 2.27. The predicted molar refractivity (Wildman–Crippen MR) is 69.9 cm³/mol. The summed E-state index contributed by atoms with van der Waals surface area (Å²) in [6.45, 7) is 2.92. The molecule has 3 amide bonds. The summed E-state index contributed by atoms with van der Waals surface area (Å²) in [4.78, 5) is 35.8. The van der Waals surface area contributed by atoms with Crippen LogP contribution in [0.5, 0.6) is 0 Å². The average molecular weight is 284 g/mol. The van der Waals surface area contributed by atoms with E-state index in [-0.39, 0.29) is 6.04 Å². The number of carboxylic acid groups (broad SMARTS) is 1. The number of nitrogens with one attached hydrogen (secondary N) is 2. The van der Waals surface area contributed by atoms with Crippen molar-refractivity contribution >= 4 is 17.9 Å². The zero-order chi connectivity index (χ0) is 14.7. The molecule has 5 N–H and O–H groups in total. The Morgan fingerprint density at radius 2 is 1.95 bits per heavy atom. The number of piperidine rings is 3. The van der Waals surface area contributed by atoms with Gasteiger partial charge in [0.2, 0.25) is 5.91 Å². The lowest BCUT2D eigenvalue weighted by atomic mass is 9.84. The molecule has 0 spiro atoms. The molecule has 3 fully saturated rings. The number of nitrogens with zero attached hydrogens (tertiary/aromatic N) is 1. The van der Waals surface area contributed by atoms with Gasteiger partial charge in [-0.05, 0) is 31.8 Å². The summed E-state index contributed by atoms with van der Waals surface area (Å²) in [6.07, 6.45) is 1.69. The number of primary amides is 1. The number of carbonyl (C=O) groups is 3. The maximum atomic E-state index is 11.8. The highest BCUT2D eigenvalue weighted by atomic mass is 16.4. The van der Waals surface area contributed by atoms with Crippen LogP contribution in [0, 0.1) is 5.92 Å². The molecule has 3 rings (SSSR count). The van der Waals surface area contributed by atoms with Crippen molar-refractivity contribution in [1.82, 2.24) is 15.5 Å². The van der Waals surface area contributed by atoms with Gasteiger partial charge in [0.25, 0.3) is 0 Å². The van der Waals surface area contributed by atoms with Crippen LogP contribution in [0.15, 0.2) is 0 Å². The van der Waals surface area contributed by atoms with Crippen molar-refractivity contribution in [2.45, 2.75) is 31.3 Å². The van der Waals surface area contributed by atoms with Crippen molar-refractivity contribution in [1.29, 1.82) is 0 Å². The first-order valence-corrected chi connectivity index (χ1v) is 6.76. The van der Waals surface area contributed by atoms with Gasteiger partial charge in [-0.3, -0.25) is 4.79 Å². The van der Waals surface area contributed by atoms with E-state index in [1.807, 2.05) is 0 Å². The summed E-state index contributed by atoms with van der Waals surface area (Å²) in [5.74, 6) is -1.58. The van der Waals surface area contributed by atoms with Crippen LogP contribution in [0.1, 0.15) is 19.3 Å². The third kappa shape index (κ3) is 3.60. The van der Waals surface area contributed by atoms with Crippen molar-refractivity contribution < 1.29 is 19.5 Å². The third-order valence-electron chi connectivity index (χ3n) is 3.98. The summed E-state index contributed by atoms with van der Waals surface area (Å²) >= 11 is 0. The second kappa shape index (κ2) is 6.08. The number of amides is 3. The van der Waals surface area contributed by atoms with Crippen LogP contribution in [0.3, 0.4) is 0 Å². The number of nitrogens with two attached hydrogens (primary N) is 1. The standard InChI is InChI=1S/C12H20N4O4/c13-10(17)5-8(11(18)19)14-12(20)15-9-6-16-3-1-7(9)2-4-16/h7-9H,1-6H2,(H2,13,17)(H,18,19)(H2,14,15,20)/t8-,9?/m0/s1. The Hall–Kier alpha value is -1.83. The number of hydrogen-bond donors (Lipinski definition) is 4. The second-order valence-corrected chi connectivity index (χ2v) is 5.42. The van der Waals surface area contributed by atoms with Crippen LogP contribution in [0.25, 0.3) is 0 Å². The van der Waals surface area contributed by atoms with Crippen molar-refractivity contribution in [3.63, 3.8) is 0 Å². The molecule has 3 saturated heterocycles. The molecule has 3 aliphatic rings. The minimum atomic E-state index is -1.28. The average Bonchev–Trinajstić information content (AvgIpc) is 2.38. The van der Waals surface area contributed by atoms with Gasteiger partial charge in [0.05, 0.1) is 6.42 Å². The molecule has 112 valence electrons. The maximum Gasteiger partial charge on any atom is 0.326 e. The lowest BCUT2D eigenvalue weighted by Crippen LogP contribution is -2.60. The van der Waals surface area contributed by atoms with E-state index in [4.69, 9.17) is 10.8 Å². The number of urea groups is 1. The van der Waals surface area contributed by atoms with Gasteiger partial charge in [0.1, 0.15) is 6.04 Å². The van der Waals surface area contributed by atoms with Crippen molar-refractivity contribution in [3.05, 3.63) is 0 Å². The Balaban J connectivity index is 1.85. The minimum absolute atomic E-state index is 0.0422. The Morgan fingerprint density at radius 1 is 1.30 bits per heavy atom. The number of aliphatic carboxylic acids is 1. The van der Waals surface area contributed by atoms with Gasteiger partial charge in [0.15, 0.2) is 0 Å². The van der Waals surface area contributed by atoms with E-state index < -0.39 is 30.4 Å². The molecular formula is C12H20N4O4. The van der Waals surface area contributed by atoms with Crippen LogP contribution in [-0.2, 0) is 9.59 Å². The van der Waals surface area contributed by atoms with Crippen LogP contribution < -0.4 is 16.4 Å². The predicted octanol–water partition coefficient (Wildman–Crippen LogP) is -1.29. The van der Waals surface area contributed by atoms with Crippen molar-refractivity contribution in [2.24, 2.45) is 11.7 Å². The van der Waals surface area contributed by atoms with Gasteiger partial charge in [-0.25, -0.2) is 9.59 Å². The van der Waals surface area contributed by atoms with Gasteiger partial charge < -0.3 is 26.4 Å². The first-order valence-electron chi connectivity index (χ1n) is 6.76. The van der Waals surface area contributed by atoms with Gasteiger partial charge >= 0.3 is 12.0 Å². The fraction of sp³-hybridized carbons (Fsp3) is 0.750. The fourth-order valence-electron chi connectivity index (χ4n) is 2.90. The molecule has 2 atom stereocenters. The third-order valence-corrected chi connectivity index (χ3v) is 3.98. The zero-order valence-corrected chi connectivity index (χ0v) is 11.2. The quantitative estimate of drug-likeness (QED) is 0.500. The Labute approximate surface area is 116 Å². The number of hydrogen-bond acceptors (Lipinski definition) is 4. The molecular weight excluding hydrogens is 264 g/mol. The molecule has 0 aliphatic carbocycles. The first kappa shape index (κ1) is 14.6. The molecule has 3 heterocycles. The molecule has 2 bridgehead atoms. The Bertz CT molecular complexity index is 406. The van der Waals surface area contributed by atoms with Gasteiger partial charge in [-0.1, -0.05) is 0 Å². The van der Waals surface area contributed by atoms with Gasteiger partial charge in [-0.15, -0.1) is 0 Å². The minimum Gasteiger partial charge on any atom is -0.480 e. The molecule has 0 aromatic carbocycles. The summed E-state index contributed by atoms with van der Waals surface area (Å²) < 4.78 is 0. The van der Waals surface area contributed by atoms with Crippen LogP contribution in [-0.4, -0.2) is 59.6 Å². The zero-order valence-electron chi connectivity index (χ0n) is 11.2.